The molecule has 0 spiro atoms. The van der Waals surface area contributed by atoms with Crippen molar-refractivity contribution in [2.75, 3.05) is 34.7 Å². The lowest BCUT2D eigenvalue weighted by Crippen LogP contribution is -2.44. The number of aromatic nitrogens is 4. The highest BCUT2D eigenvalue weighted by atomic mass is 16.2. The molecule has 5 aromatic rings. The predicted molar refractivity (Wildman–Crippen MR) is 212 cm³/mol. The van der Waals surface area contributed by atoms with E-state index in [4.69, 9.17) is 4.98 Å². The fraction of sp³-hybridized carbons (Fsp3) is 0.302. The van der Waals surface area contributed by atoms with Gasteiger partial charge in [-0.2, -0.15) is 0 Å². The highest BCUT2D eigenvalue weighted by Gasteiger charge is 2.37. The van der Waals surface area contributed by atoms with Crippen molar-refractivity contribution < 1.29 is 9.59 Å². The summed E-state index contributed by atoms with van der Waals surface area (Å²) in [6.07, 6.45) is 9.73. The molecule has 3 aromatic carbocycles. The van der Waals surface area contributed by atoms with E-state index in [9.17, 15) is 9.59 Å². The number of allylic oxidation sites excluding steroid dienone is 1. The molecule has 1 fully saturated rings. The summed E-state index contributed by atoms with van der Waals surface area (Å²) in [4.78, 5) is 55.2. The maximum atomic E-state index is 13.9. The van der Waals surface area contributed by atoms with Crippen LogP contribution in [0.1, 0.15) is 66.8 Å². The molecule has 0 radical (unpaired) electrons. The molecule has 0 bridgehead atoms. The van der Waals surface area contributed by atoms with E-state index >= 15 is 0 Å². The molecule has 2 aliphatic heterocycles. The maximum Gasteiger partial charge on any atom is 0.245 e. The standard InChI is InChI=1S/C43H47N9O2/c1-28(48-42(53)38(50(2)3)30-13-8-6-9-14-30)35-23-33(24-44-35)29-18-20-32(21-19-29)40-45-25-34(26-46-40)36-27-47-41(49-36)37-17-12-22-52(37)43(54)39(51(4)5)31-15-10-7-11-16-31/h6-11,13-16,18-21,24-28,37-39H,12,17,22-23H2,1-5H3,(H,47,49)(H,48,53)/t28-,37-,38+,39+/m0/s1. The zero-order valence-corrected chi connectivity index (χ0v) is 31.5. The number of likely N-dealkylation sites (N-methyl/N-ethyl adjacent to an activating group) is 2. The second-order valence-electron chi connectivity index (χ2n) is 14.5. The van der Waals surface area contributed by atoms with E-state index in [1.165, 1.54) is 0 Å². The van der Waals surface area contributed by atoms with E-state index in [0.717, 1.165) is 63.5 Å². The van der Waals surface area contributed by atoms with Gasteiger partial charge in [0.2, 0.25) is 11.8 Å². The summed E-state index contributed by atoms with van der Waals surface area (Å²) in [6.45, 7) is 2.68. The Labute approximate surface area is 316 Å². The highest BCUT2D eigenvalue weighted by molar-refractivity contribution is 6.03. The fourth-order valence-electron chi connectivity index (χ4n) is 7.45. The molecule has 1 saturated heterocycles. The first kappa shape index (κ1) is 36.6. The summed E-state index contributed by atoms with van der Waals surface area (Å²) in [6, 6.07) is 26.8. The maximum absolute atomic E-state index is 13.9. The average Bonchev–Trinajstić information content (AvgIpc) is 3.98. The van der Waals surface area contributed by atoms with Crippen LogP contribution in [0.25, 0.3) is 28.2 Å². The van der Waals surface area contributed by atoms with E-state index in [0.29, 0.717) is 18.8 Å². The fourth-order valence-corrected chi connectivity index (χ4v) is 7.45. The first-order chi connectivity index (χ1) is 26.2. The van der Waals surface area contributed by atoms with Gasteiger partial charge in [-0.25, -0.2) is 15.0 Å². The minimum Gasteiger partial charge on any atom is -0.347 e. The molecule has 4 heterocycles. The van der Waals surface area contributed by atoms with Crippen LogP contribution in [0.2, 0.25) is 0 Å². The van der Waals surface area contributed by atoms with Crippen LogP contribution >= 0.6 is 0 Å². The van der Waals surface area contributed by atoms with E-state index < -0.39 is 0 Å². The lowest BCUT2D eigenvalue weighted by atomic mass is 9.98. The van der Waals surface area contributed by atoms with Gasteiger partial charge in [0.05, 0.1) is 24.0 Å². The zero-order valence-electron chi connectivity index (χ0n) is 31.5. The number of carbonyl (C=O) groups is 2. The molecule has 4 atom stereocenters. The van der Waals surface area contributed by atoms with Crippen LogP contribution in [0.4, 0.5) is 0 Å². The minimum atomic E-state index is -0.384. The van der Waals surface area contributed by atoms with Crippen molar-refractivity contribution in [1.82, 2.24) is 40.0 Å². The van der Waals surface area contributed by atoms with Crippen molar-refractivity contribution in [3.05, 3.63) is 132 Å². The Kier molecular flexibility index (Phi) is 10.9. The summed E-state index contributed by atoms with van der Waals surface area (Å²) < 4.78 is 0. The highest BCUT2D eigenvalue weighted by Crippen LogP contribution is 2.35. The molecular weight excluding hydrogens is 675 g/mol. The molecule has 11 heteroatoms. The van der Waals surface area contributed by atoms with Gasteiger partial charge in [-0.3, -0.25) is 24.4 Å². The van der Waals surface area contributed by atoms with E-state index in [2.05, 4.69) is 37.4 Å². The average molecular weight is 722 g/mol. The normalized spacial score (nSPS) is 17.3. The lowest BCUT2D eigenvalue weighted by molar-refractivity contribution is -0.137. The lowest BCUT2D eigenvalue weighted by Gasteiger charge is -2.31. The quantitative estimate of drug-likeness (QED) is 0.151. The molecule has 2 amide bonds. The molecule has 2 aromatic heterocycles. The van der Waals surface area contributed by atoms with Gasteiger partial charge in [-0.15, -0.1) is 0 Å². The number of hydrogen-bond acceptors (Lipinski definition) is 8. The van der Waals surface area contributed by atoms with Crippen molar-refractivity contribution in [3.63, 3.8) is 0 Å². The number of likely N-dealkylation sites (tertiary alicyclic amines) is 1. The van der Waals surface area contributed by atoms with Gasteiger partial charge in [-0.05, 0) is 70.2 Å². The minimum absolute atomic E-state index is 0.0528. The van der Waals surface area contributed by atoms with Gasteiger partial charge in [0.1, 0.15) is 17.9 Å². The van der Waals surface area contributed by atoms with E-state index in [1.807, 2.05) is 129 Å². The first-order valence-corrected chi connectivity index (χ1v) is 18.4. The Morgan fingerprint density at radius 1 is 0.778 bits per heavy atom. The van der Waals surface area contributed by atoms with E-state index in [1.54, 1.807) is 18.6 Å². The Balaban J connectivity index is 0.963. The number of nitrogens with one attached hydrogen (secondary N) is 2. The summed E-state index contributed by atoms with van der Waals surface area (Å²) in [5.41, 5.74) is 7.55. The molecule has 0 aliphatic carbocycles. The molecule has 11 nitrogen and oxygen atoms in total. The Morgan fingerprint density at radius 2 is 1.39 bits per heavy atom. The SMILES string of the molecule is C[C@H](NC(=O)[C@@H](c1ccccc1)N(C)C)C1=NC=C(c2ccc(-c3ncc(-c4cnc([C@@H]5CCCN5C(=O)[C@@H](c5ccccc5)N(C)C)[nH]4)cn3)cc2)C1. The summed E-state index contributed by atoms with van der Waals surface area (Å²) in [5.74, 6) is 1.42. The molecule has 0 unspecified atom stereocenters. The summed E-state index contributed by atoms with van der Waals surface area (Å²) in [7, 11) is 7.72. The van der Waals surface area contributed by atoms with Gasteiger partial charge in [0.15, 0.2) is 5.82 Å². The molecular formula is C43H47N9O2. The van der Waals surface area contributed by atoms with Crippen LogP contribution < -0.4 is 5.32 Å². The van der Waals surface area contributed by atoms with Crippen molar-refractivity contribution in [3.8, 4) is 22.6 Å². The molecule has 276 valence electrons. The largest absolute Gasteiger partial charge is 0.347 e. The summed E-state index contributed by atoms with van der Waals surface area (Å²) >= 11 is 0. The van der Waals surface area contributed by atoms with Crippen LogP contribution in [0, 0.1) is 0 Å². The number of amides is 2. The smallest absolute Gasteiger partial charge is 0.245 e. The van der Waals surface area contributed by atoms with Crippen LogP contribution in [-0.4, -0.2) is 92.9 Å². The van der Waals surface area contributed by atoms with Crippen LogP contribution in [0.15, 0.2) is 115 Å². The number of hydrogen-bond donors (Lipinski definition) is 2. The van der Waals surface area contributed by atoms with E-state index in [-0.39, 0.29) is 36.0 Å². The number of rotatable bonds is 12. The van der Waals surface area contributed by atoms with Crippen molar-refractivity contribution >= 4 is 23.1 Å². The third-order valence-electron chi connectivity index (χ3n) is 10.3. The Bertz CT molecular complexity index is 2130. The number of imidazole rings is 1. The topological polar surface area (TPSA) is 123 Å². The molecule has 54 heavy (non-hydrogen) atoms. The Hall–Kier alpha value is -5.78. The van der Waals surface area contributed by atoms with Gasteiger partial charge >= 0.3 is 0 Å². The first-order valence-electron chi connectivity index (χ1n) is 18.4. The number of H-pyrrole nitrogens is 1. The molecule has 2 aliphatic rings. The second-order valence-corrected chi connectivity index (χ2v) is 14.5. The van der Waals surface area contributed by atoms with Crippen molar-refractivity contribution in [1.29, 1.82) is 0 Å². The molecule has 2 N–H and O–H groups in total. The third-order valence-corrected chi connectivity index (χ3v) is 10.3. The van der Waals surface area contributed by atoms with Crippen LogP contribution in [0.5, 0.6) is 0 Å². The Morgan fingerprint density at radius 3 is 2.02 bits per heavy atom. The van der Waals surface area contributed by atoms with Crippen LogP contribution in [-0.2, 0) is 9.59 Å². The second kappa shape index (κ2) is 16.1. The number of benzene rings is 3. The van der Waals surface area contributed by atoms with Crippen molar-refractivity contribution in [2.24, 2.45) is 4.99 Å². The summed E-state index contributed by atoms with van der Waals surface area (Å²) in [5, 5.41) is 3.17. The monoisotopic (exact) mass is 721 g/mol. The van der Waals surface area contributed by atoms with Gasteiger partial charge < -0.3 is 15.2 Å². The van der Waals surface area contributed by atoms with Gasteiger partial charge in [-0.1, -0.05) is 84.9 Å². The number of carbonyl (C=O) groups excluding carboxylic acids is 2. The number of nitrogens with zero attached hydrogens (tertiary/aromatic N) is 7. The van der Waals surface area contributed by atoms with Gasteiger partial charge in [0, 0.05) is 48.4 Å². The molecule has 7 rings (SSSR count). The molecule has 0 saturated carbocycles. The number of aromatic amines is 1. The predicted octanol–water partition coefficient (Wildman–Crippen LogP) is 6.49. The van der Waals surface area contributed by atoms with Gasteiger partial charge in [0.25, 0.3) is 0 Å². The van der Waals surface area contributed by atoms with Crippen LogP contribution in [0.3, 0.4) is 0 Å². The van der Waals surface area contributed by atoms with Crippen molar-refractivity contribution in [2.45, 2.75) is 50.4 Å². The zero-order chi connectivity index (χ0) is 37.8. The number of aliphatic imine (C=N–C) groups is 1. The third kappa shape index (κ3) is 7.78.